The number of benzene rings is 8. The number of nitrogens with one attached hydrogen (secondary N) is 1. The number of rotatable bonds is 5. The van der Waals surface area contributed by atoms with Crippen LogP contribution in [0.2, 0.25) is 0 Å². The Morgan fingerprint density at radius 3 is 2.09 bits per heavy atom. The number of hydrogen-bond donors (Lipinski definition) is 1. The average molecular weight is 721 g/mol. The molecule has 4 nitrogen and oxygen atoms in total. The molecule has 1 N–H and O–H groups in total. The van der Waals surface area contributed by atoms with Crippen LogP contribution in [0.4, 0.5) is 0 Å². The standard InChI is InChI=1S/C52H38N3O/c1-52(2)45-23-12-11-22-40(45)41-26-25-36(31-46(41)52)43-29-38(30-44-42-27-24-33-16-9-10-21-39(33)47(42)56-48(43)44)51-54-49(34-17-7-4-8-18-34)53-50(55-51)37-20-13-19-35(28-37)32-14-5-3-6-15-32/h3-31,50-51,55H,1-2H3/q-1. The summed E-state index contributed by atoms with van der Waals surface area (Å²) >= 11 is 0. The second-order valence-corrected chi connectivity index (χ2v) is 15.6. The van der Waals surface area contributed by atoms with Crippen LogP contribution in [0.5, 0.6) is 0 Å². The monoisotopic (exact) mass is 720 g/mol. The third kappa shape index (κ3) is 5.21. The molecule has 56 heavy (non-hydrogen) atoms. The topological polar surface area (TPSA) is 51.6 Å². The minimum atomic E-state index is -0.378. The zero-order valence-electron chi connectivity index (χ0n) is 31.2. The van der Waals surface area contributed by atoms with Crippen molar-refractivity contribution < 1.29 is 4.42 Å². The molecule has 0 saturated heterocycles. The number of hydrogen-bond acceptors (Lipinski definition) is 3. The molecule has 1 aromatic heterocycles. The predicted molar refractivity (Wildman–Crippen MR) is 231 cm³/mol. The van der Waals surface area contributed by atoms with Crippen LogP contribution < -0.4 is 5.32 Å². The smallest absolute Gasteiger partial charge is 0.143 e. The lowest BCUT2D eigenvalue weighted by atomic mass is 9.81. The van der Waals surface area contributed by atoms with E-state index in [0.29, 0.717) is 0 Å². The van der Waals surface area contributed by atoms with Crippen LogP contribution in [0.25, 0.3) is 71.4 Å². The minimum absolute atomic E-state index is 0.133. The molecule has 1 aliphatic carbocycles. The number of nitrogens with zero attached hydrogens (tertiary/aromatic N) is 2. The third-order valence-electron chi connectivity index (χ3n) is 11.9. The van der Waals surface area contributed by atoms with Crippen molar-refractivity contribution in [1.29, 1.82) is 0 Å². The highest BCUT2D eigenvalue weighted by atomic mass is 16.3. The Morgan fingerprint density at radius 2 is 1.23 bits per heavy atom. The van der Waals surface area contributed by atoms with E-state index in [1.165, 1.54) is 27.8 Å². The van der Waals surface area contributed by atoms with E-state index >= 15 is 0 Å². The van der Waals surface area contributed by atoms with Gasteiger partial charge in [-0.2, -0.15) is 0 Å². The molecule has 9 aromatic rings. The molecule has 0 radical (unpaired) electrons. The summed E-state index contributed by atoms with van der Waals surface area (Å²) in [6.07, 6.45) is -0.698. The fourth-order valence-corrected chi connectivity index (χ4v) is 8.97. The van der Waals surface area contributed by atoms with Crippen molar-refractivity contribution in [1.82, 2.24) is 5.32 Å². The lowest BCUT2D eigenvalue weighted by molar-refractivity contribution is 0.489. The zero-order valence-corrected chi connectivity index (χ0v) is 31.2. The van der Waals surface area contributed by atoms with Gasteiger partial charge in [-0.25, -0.2) is 0 Å². The summed E-state index contributed by atoms with van der Waals surface area (Å²) in [5.41, 5.74) is 14.6. The summed E-state index contributed by atoms with van der Waals surface area (Å²) in [6, 6.07) is 62.7. The van der Waals surface area contributed by atoms with Gasteiger partial charge in [0.15, 0.2) is 0 Å². The molecule has 4 heteroatoms. The highest BCUT2D eigenvalue weighted by Crippen LogP contribution is 2.51. The molecule has 2 atom stereocenters. The number of fused-ring (bicyclic) bond motifs is 8. The summed E-state index contributed by atoms with van der Waals surface area (Å²) in [7, 11) is 0. The van der Waals surface area contributed by atoms with Gasteiger partial charge in [0.05, 0.1) is 0 Å². The van der Waals surface area contributed by atoms with Gasteiger partial charge in [-0.05, 0) is 91.4 Å². The van der Waals surface area contributed by atoms with Gasteiger partial charge in [0.1, 0.15) is 11.2 Å². The molecule has 0 saturated carbocycles. The fourth-order valence-electron chi connectivity index (χ4n) is 8.97. The van der Waals surface area contributed by atoms with Crippen LogP contribution in [-0.4, -0.2) is 5.84 Å². The van der Waals surface area contributed by atoms with Crippen molar-refractivity contribution >= 4 is 38.5 Å². The van der Waals surface area contributed by atoms with E-state index < -0.39 is 0 Å². The van der Waals surface area contributed by atoms with Crippen molar-refractivity contribution in [3.63, 3.8) is 0 Å². The van der Waals surface area contributed by atoms with E-state index in [4.69, 9.17) is 14.7 Å². The maximum atomic E-state index is 6.99. The van der Waals surface area contributed by atoms with E-state index in [2.05, 4.69) is 189 Å². The molecule has 0 spiro atoms. The van der Waals surface area contributed by atoms with Gasteiger partial charge >= 0.3 is 0 Å². The largest absolute Gasteiger partial charge is 0.455 e. The van der Waals surface area contributed by atoms with Crippen LogP contribution in [-0.2, 0) is 5.41 Å². The number of furan rings is 1. The first kappa shape index (κ1) is 32.7. The van der Waals surface area contributed by atoms with Crippen LogP contribution in [0, 0.1) is 0 Å². The quantitative estimate of drug-likeness (QED) is 0.192. The van der Waals surface area contributed by atoms with Gasteiger partial charge in [-0.1, -0.05) is 165 Å². The molecule has 11 rings (SSSR count). The predicted octanol–water partition coefficient (Wildman–Crippen LogP) is 13.5. The Labute approximate surface area is 326 Å². The first-order valence-electron chi connectivity index (χ1n) is 19.4. The van der Waals surface area contributed by atoms with Gasteiger partial charge in [0.2, 0.25) is 0 Å². The molecule has 1 aliphatic heterocycles. The molecule has 0 amide bonds. The summed E-state index contributed by atoms with van der Waals surface area (Å²) in [6.45, 7) is 4.67. The summed E-state index contributed by atoms with van der Waals surface area (Å²) in [4.78, 5) is 5.25. The molecule has 8 aromatic carbocycles. The maximum absolute atomic E-state index is 6.99. The minimum Gasteiger partial charge on any atom is -0.455 e. The Kier molecular flexibility index (Phi) is 7.38. The first-order chi connectivity index (χ1) is 27.5. The van der Waals surface area contributed by atoms with Crippen LogP contribution in [0.3, 0.4) is 0 Å². The van der Waals surface area contributed by atoms with Gasteiger partial charge in [-0.15, -0.1) is 0 Å². The van der Waals surface area contributed by atoms with E-state index in [-0.39, 0.29) is 17.7 Å². The normalized spacial score (nSPS) is 17.1. The van der Waals surface area contributed by atoms with Gasteiger partial charge < -0.3 is 20.0 Å². The highest BCUT2D eigenvalue weighted by Gasteiger charge is 2.35. The maximum Gasteiger partial charge on any atom is 0.143 e. The molecule has 268 valence electrons. The summed E-state index contributed by atoms with van der Waals surface area (Å²) in [5.74, 6) is 0.728. The lowest BCUT2D eigenvalue weighted by Crippen LogP contribution is -2.31. The van der Waals surface area contributed by atoms with E-state index in [9.17, 15) is 0 Å². The first-order valence-corrected chi connectivity index (χ1v) is 19.4. The highest BCUT2D eigenvalue weighted by molar-refractivity contribution is 6.17. The zero-order chi connectivity index (χ0) is 37.4. The number of aliphatic imine (C=N–C) groups is 1. The number of amidine groups is 1. The van der Waals surface area contributed by atoms with E-state index in [0.717, 1.165) is 71.9 Å². The second-order valence-electron chi connectivity index (χ2n) is 15.6. The van der Waals surface area contributed by atoms with Gasteiger partial charge in [-0.3, -0.25) is 0 Å². The fraction of sp³-hybridized carbons (Fsp3) is 0.0962. The molecular formula is C52H38N3O-. The van der Waals surface area contributed by atoms with E-state index in [1.54, 1.807) is 0 Å². The van der Waals surface area contributed by atoms with Crippen molar-refractivity contribution in [2.45, 2.75) is 31.6 Å². The van der Waals surface area contributed by atoms with Gasteiger partial charge in [0, 0.05) is 39.5 Å². The van der Waals surface area contributed by atoms with Crippen molar-refractivity contribution in [2.24, 2.45) is 4.99 Å². The van der Waals surface area contributed by atoms with Crippen molar-refractivity contribution in [2.75, 3.05) is 0 Å². The molecule has 2 aliphatic rings. The summed E-state index contributed by atoms with van der Waals surface area (Å²) in [5, 5.41) is 13.6. The molecular weight excluding hydrogens is 683 g/mol. The van der Waals surface area contributed by atoms with Crippen molar-refractivity contribution in [3.8, 4) is 33.4 Å². The Bertz CT molecular complexity index is 3010. The average Bonchev–Trinajstić information content (AvgIpc) is 3.76. The van der Waals surface area contributed by atoms with Gasteiger partial charge in [0.25, 0.3) is 0 Å². The molecule has 0 fully saturated rings. The van der Waals surface area contributed by atoms with Crippen LogP contribution >= 0.6 is 0 Å². The van der Waals surface area contributed by atoms with E-state index in [1.807, 2.05) is 6.07 Å². The van der Waals surface area contributed by atoms with Crippen LogP contribution in [0.15, 0.2) is 185 Å². The Morgan fingerprint density at radius 1 is 0.500 bits per heavy atom. The molecule has 0 bridgehead atoms. The Hall–Kier alpha value is -6.75. The molecule has 2 unspecified atom stereocenters. The Balaban J connectivity index is 1.10. The lowest BCUT2D eigenvalue weighted by Gasteiger charge is -2.40. The third-order valence-corrected chi connectivity index (χ3v) is 11.9. The molecule has 2 heterocycles. The van der Waals surface area contributed by atoms with Crippen LogP contribution in [0.1, 0.15) is 54.0 Å². The SMILES string of the molecule is CC1(C)c2ccccc2-c2ccc(-c3cc(C4[N-]C(c5ccccc5)=NC(c5cccc(-c6ccccc6)c5)N4)cc4c3oc3c5ccccc5ccc43)cc21. The van der Waals surface area contributed by atoms with Crippen molar-refractivity contribution in [3.05, 3.63) is 209 Å². The second kappa shape index (κ2) is 12.7. The summed E-state index contributed by atoms with van der Waals surface area (Å²) < 4.78 is 6.99.